The summed E-state index contributed by atoms with van der Waals surface area (Å²) in [6.07, 6.45) is 0.209. The zero-order valence-corrected chi connectivity index (χ0v) is 17.7. The number of methoxy groups -OCH3 is 3. The summed E-state index contributed by atoms with van der Waals surface area (Å²) >= 11 is 0. The molecule has 1 aromatic heterocycles. The van der Waals surface area contributed by atoms with Crippen LogP contribution in [0.1, 0.15) is 30.9 Å². The second-order valence-corrected chi connectivity index (χ2v) is 6.95. The molecule has 1 heterocycles. The fourth-order valence-corrected chi connectivity index (χ4v) is 2.96. The van der Waals surface area contributed by atoms with Crippen molar-refractivity contribution in [3.8, 4) is 28.7 Å². The third-order valence-electron chi connectivity index (χ3n) is 4.59. The van der Waals surface area contributed by atoms with Gasteiger partial charge in [0.05, 0.1) is 27.8 Å². The SMILES string of the molecule is COc1cc(-c2nnc(NC(=O)Cc3ccc(C(C)C)cc3)o2)cc(OC)c1OC. The maximum Gasteiger partial charge on any atom is 0.322 e. The average Bonchev–Trinajstić information content (AvgIpc) is 3.21. The molecule has 1 amide bonds. The number of hydrogen-bond acceptors (Lipinski definition) is 7. The molecule has 1 N–H and O–H groups in total. The van der Waals surface area contributed by atoms with Crippen LogP contribution in [0.4, 0.5) is 6.01 Å². The van der Waals surface area contributed by atoms with E-state index in [-0.39, 0.29) is 24.2 Å². The first-order valence-electron chi connectivity index (χ1n) is 9.47. The van der Waals surface area contributed by atoms with Crippen molar-refractivity contribution in [2.75, 3.05) is 26.6 Å². The van der Waals surface area contributed by atoms with Crippen molar-refractivity contribution in [1.29, 1.82) is 0 Å². The van der Waals surface area contributed by atoms with Crippen molar-refractivity contribution in [3.63, 3.8) is 0 Å². The molecule has 3 rings (SSSR count). The molecule has 0 aliphatic rings. The van der Waals surface area contributed by atoms with Crippen molar-refractivity contribution >= 4 is 11.9 Å². The summed E-state index contributed by atoms with van der Waals surface area (Å²) in [7, 11) is 4.57. The molecule has 0 aliphatic carbocycles. The molecule has 3 aromatic rings. The van der Waals surface area contributed by atoms with Gasteiger partial charge in [0.2, 0.25) is 17.5 Å². The van der Waals surface area contributed by atoms with E-state index >= 15 is 0 Å². The van der Waals surface area contributed by atoms with Crippen LogP contribution < -0.4 is 19.5 Å². The highest BCUT2D eigenvalue weighted by molar-refractivity contribution is 5.90. The Kier molecular flexibility index (Phi) is 6.56. The molecule has 8 heteroatoms. The number of amides is 1. The minimum Gasteiger partial charge on any atom is -0.493 e. The molecule has 30 heavy (non-hydrogen) atoms. The Morgan fingerprint density at radius 1 is 1.00 bits per heavy atom. The van der Waals surface area contributed by atoms with Gasteiger partial charge in [-0.25, -0.2) is 0 Å². The first-order chi connectivity index (χ1) is 14.4. The molecule has 0 aliphatic heterocycles. The smallest absolute Gasteiger partial charge is 0.322 e. The zero-order valence-electron chi connectivity index (χ0n) is 17.7. The zero-order chi connectivity index (χ0) is 21.7. The number of hydrogen-bond donors (Lipinski definition) is 1. The molecule has 0 radical (unpaired) electrons. The molecule has 0 saturated heterocycles. The molecule has 0 spiro atoms. The van der Waals surface area contributed by atoms with E-state index in [4.69, 9.17) is 18.6 Å². The second-order valence-electron chi connectivity index (χ2n) is 6.95. The van der Waals surface area contributed by atoms with E-state index < -0.39 is 0 Å². The predicted molar refractivity (Wildman–Crippen MR) is 112 cm³/mol. The van der Waals surface area contributed by atoms with Gasteiger partial charge in [0.15, 0.2) is 11.5 Å². The Morgan fingerprint density at radius 2 is 1.63 bits per heavy atom. The van der Waals surface area contributed by atoms with Gasteiger partial charge in [-0.2, -0.15) is 0 Å². The van der Waals surface area contributed by atoms with E-state index in [9.17, 15) is 4.79 Å². The Balaban J connectivity index is 1.72. The normalized spacial score (nSPS) is 10.7. The molecular weight excluding hydrogens is 386 g/mol. The minimum absolute atomic E-state index is 0.0163. The van der Waals surface area contributed by atoms with Gasteiger partial charge < -0.3 is 18.6 Å². The number of benzene rings is 2. The lowest BCUT2D eigenvalue weighted by Gasteiger charge is -2.12. The van der Waals surface area contributed by atoms with E-state index in [2.05, 4.69) is 29.4 Å². The number of nitrogens with zero attached hydrogens (tertiary/aromatic N) is 2. The molecule has 0 atom stereocenters. The highest BCUT2D eigenvalue weighted by Gasteiger charge is 2.18. The van der Waals surface area contributed by atoms with E-state index in [1.165, 1.54) is 26.9 Å². The predicted octanol–water partition coefficient (Wildman–Crippen LogP) is 4.07. The maximum absolute atomic E-state index is 12.3. The monoisotopic (exact) mass is 411 g/mol. The third-order valence-corrected chi connectivity index (χ3v) is 4.59. The van der Waals surface area contributed by atoms with Gasteiger partial charge >= 0.3 is 6.01 Å². The Morgan fingerprint density at radius 3 is 2.17 bits per heavy atom. The number of carbonyl (C=O) groups excluding carboxylic acids is 1. The maximum atomic E-state index is 12.3. The second kappa shape index (κ2) is 9.30. The van der Waals surface area contributed by atoms with Crippen LogP contribution >= 0.6 is 0 Å². The van der Waals surface area contributed by atoms with Crippen molar-refractivity contribution in [3.05, 3.63) is 47.5 Å². The minimum atomic E-state index is -0.243. The van der Waals surface area contributed by atoms with Crippen molar-refractivity contribution in [2.45, 2.75) is 26.2 Å². The van der Waals surface area contributed by atoms with Crippen molar-refractivity contribution < 1.29 is 23.4 Å². The fraction of sp³-hybridized carbons (Fsp3) is 0.318. The molecular formula is C22H25N3O5. The Hall–Kier alpha value is -3.55. The highest BCUT2D eigenvalue weighted by Crippen LogP contribution is 2.41. The lowest BCUT2D eigenvalue weighted by Crippen LogP contribution is -2.14. The topological polar surface area (TPSA) is 95.7 Å². The molecule has 0 unspecified atom stereocenters. The van der Waals surface area contributed by atoms with Gasteiger partial charge in [-0.05, 0) is 29.2 Å². The third kappa shape index (κ3) is 4.71. The van der Waals surface area contributed by atoms with Crippen LogP contribution in [0.25, 0.3) is 11.5 Å². The lowest BCUT2D eigenvalue weighted by molar-refractivity contribution is -0.115. The summed E-state index contributed by atoms with van der Waals surface area (Å²) in [6.45, 7) is 4.26. The van der Waals surface area contributed by atoms with Crippen LogP contribution in [0.15, 0.2) is 40.8 Å². The number of ether oxygens (including phenoxy) is 3. The largest absolute Gasteiger partial charge is 0.493 e. The van der Waals surface area contributed by atoms with E-state index in [0.717, 1.165) is 5.56 Å². The van der Waals surface area contributed by atoms with Crippen LogP contribution in [-0.2, 0) is 11.2 Å². The molecule has 8 nitrogen and oxygen atoms in total. The number of anilines is 1. The van der Waals surface area contributed by atoms with Gasteiger partial charge in [0, 0.05) is 5.56 Å². The van der Waals surface area contributed by atoms with Gasteiger partial charge in [0.25, 0.3) is 0 Å². The number of nitrogens with one attached hydrogen (secondary N) is 1. The fourth-order valence-electron chi connectivity index (χ4n) is 2.96. The standard InChI is InChI=1S/C22H25N3O5/c1-13(2)15-8-6-14(7-9-15)10-19(26)23-22-25-24-21(30-22)16-11-17(27-3)20(29-5)18(12-16)28-4/h6-9,11-13H,10H2,1-5H3,(H,23,25,26). The van der Waals surface area contributed by atoms with Crippen molar-refractivity contribution in [2.24, 2.45) is 0 Å². The van der Waals surface area contributed by atoms with E-state index in [1.807, 2.05) is 24.3 Å². The summed E-state index contributed by atoms with van der Waals surface area (Å²) in [4.78, 5) is 12.3. The van der Waals surface area contributed by atoms with Gasteiger partial charge in [0.1, 0.15) is 0 Å². The van der Waals surface area contributed by atoms with Crippen LogP contribution in [0.5, 0.6) is 17.2 Å². The van der Waals surface area contributed by atoms with E-state index in [0.29, 0.717) is 28.7 Å². The van der Waals surface area contributed by atoms with Gasteiger partial charge in [-0.3, -0.25) is 10.1 Å². The molecule has 2 aromatic carbocycles. The van der Waals surface area contributed by atoms with Gasteiger partial charge in [-0.15, -0.1) is 5.10 Å². The Labute approximate surface area is 175 Å². The van der Waals surface area contributed by atoms with Crippen molar-refractivity contribution in [1.82, 2.24) is 10.2 Å². The first kappa shape index (κ1) is 21.2. The first-order valence-corrected chi connectivity index (χ1v) is 9.47. The average molecular weight is 411 g/mol. The van der Waals surface area contributed by atoms with Crippen LogP contribution in [0, 0.1) is 0 Å². The highest BCUT2D eigenvalue weighted by atomic mass is 16.5. The molecule has 158 valence electrons. The number of rotatable bonds is 8. The summed E-state index contributed by atoms with van der Waals surface area (Å²) in [5, 5.41) is 10.5. The van der Waals surface area contributed by atoms with Crippen LogP contribution in [-0.4, -0.2) is 37.4 Å². The summed E-state index contributed by atoms with van der Waals surface area (Å²) < 4.78 is 21.6. The molecule has 0 bridgehead atoms. The molecule has 0 saturated carbocycles. The number of carbonyl (C=O) groups is 1. The van der Waals surface area contributed by atoms with Crippen LogP contribution in [0.3, 0.4) is 0 Å². The quantitative estimate of drug-likeness (QED) is 0.597. The summed E-state index contributed by atoms with van der Waals surface area (Å²) in [6, 6.07) is 11.4. The summed E-state index contributed by atoms with van der Waals surface area (Å²) in [5.41, 5.74) is 2.70. The summed E-state index contributed by atoms with van der Waals surface area (Å²) in [5.74, 6) is 1.79. The number of aromatic nitrogens is 2. The molecule has 0 fully saturated rings. The van der Waals surface area contributed by atoms with Crippen LogP contribution in [0.2, 0.25) is 0 Å². The van der Waals surface area contributed by atoms with Gasteiger partial charge in [-0.1, -0.05) is 43.2 Å². The lowest BCUT2D eigenvalue weighted by atomic mass is 10.0. The Bertz CT molecular complexity index is 987. The van der Waals surface area contributed by atoms with E-state index in [1.54, 1.807) is 12.1 Å².